The number of furan rings is 1. The lowest BCUT2D eigenvalue weighted by atomic mass is 10.3. The molecule has 5 nitrogen and oxygen atoms in total. The molecule has 9 heteroatoms. The zero-order valence-corrected chi connectivity index (χ0v) is 10.7. The van der Waals surface area contributed by atoms with Crippen molar-refractivity contribution in [2.75, 3.05) is 6.54 Å². The molecular weight excluding hydrogens is 297 g/mol. The molecule has 0 saturated carbocycles. The van der Waals surface area contributed by atoms with Crippen molar-refractivity contribution >= 4 is 17.2 Å². The van der Waals surface area contributed by atoms with Gasteiger partial charge in [0.25, 0.3) is 5.91 Å². The first kappa shape index (κ1) is 14.5. The maximum absolute atomic E-state index is 12.1. The molecule has 2 rings (SSSR count). The van der Waals surface area contributed by atoms with Gasteiger partial charge in [0.2, 0.25) is 0 Å². The molecule has 0 aliphatic heterocycles. The number of hydrogen-bond acceptors (Lipinski definition) is 5. The fraction of sp³-hybridized carbons (Fsp3) is 0.273. The first-order chi connectivity index (χ1) is 9.38. The van der Waals surface area contributed by atoms with E-state index in [0.29, 0.717) is 10.8 Å². The molecule has 0 spiro atoms. The van der Waals surface area contributed by atoms with Gasteiger partial charge in [0.1, 0.15) is 5.69 Å². The molecule has 1 unspecified atom stereocenters. The summed E-state index contributed by atoms with van der Waals surface area (Å²) in [5, 5.41) is 12.6. The summed E-state index contributed by atoms with van der Waals surface area (Å²) >= 11 is 1.12. The van der Waals surface area contributed by atoms with Crippen LogP contribution in [0.2, 0.25) is 0 Å². The Morgan fingerprint density at radius 1 is 1.55 bits per heavy atom. The molecular formula is C11H9F3N2O3S. The fourth-order valence-electron chi connectivity index (χ4n) is 1.29. The minimum absolute atomic E-state index is 0.0317. The van der Waals surface area contributed by atoms with Crippen LogP contribution in [0.1, 0.15) is 10.5 Å². The van der Waals surface area contributed by atoms with Crippen molar-refractivity contribution in [1.82, 2.24) is 10.3 Å². The number of halogens is 3. The number of alkyl halides is 3. The van der Waals surface area contributed by atoms with Gasteiger partial charge in [-0.05, 0) is 12.1 Å². The topological polar surface area (TPSA) is 75.4 Å². The van der Waals surface area contributed by atoms with Crippen LogP contribution in [0.5, 0.6) is 0 Å². The Kier molecular flexibility index (Phi) is 4.09. The van der Waals surface area contributed by atoms with Crippen molar-refractivity contribution in [3.05, 3.63) is 29.5 Å². The highest BCUT2D eigenvalue weighted by Gasteiger charge is 2.38. The molecule has 1 atom stereocenters. The van der Waals surface area contributed by atoms with Crippen LogP contribution in [0.4, 0.5) is 13.2 Å². The van der Waals surface area contributed by atoms with E-state index in [1.165, 1.54) is 11.6 Å². The fourth-order valence-corrected chi connectivity index (χ4v) is 2.05. The summed E-state index contributed by atoms with van der Waals surface area (Å²) in [5.74, 6) is -0.327. The minimum Gasteiger partial charge on any atom is -0.462 e. The van der Waals surface area contributed by atoms with Gasteiger partial charge in [-0.1, -0.05) is 0 Å². The predicted octanol–water partition coefficient (Wildman–Crippen LogP) is 2.06. The van der Waals surface area contributed by atoms with Crippen LogP contribution in [0.3, 0.4) is 0 Å². The summed E-state index contributed by atoms with van der Waals surface area (Å²) in [7, 11) is 0. The van der Waals surface area contributed by atoms with Gasteiger partial charge in [-0.25, -0.2) is 4.98 Å². The normalized spacial score (nSPS) is 13.2. The van der Waals surface area contributed by atoms with Crippen LogP contribution in [-0.4, -0.2) is 34.8 Å². The van der Waals surface area contributed by atoms with Crippen molar-refractivity contribution in [3.8, 4) is 10.8 Å². The SMILES string of the molecule is O=C(NCC(O)C(F)(F)F)c1csc(-c2ccco2)n1. The quantitative estimate of drug-likeness (QED) is 0.906. The first-order valence-electron chi connectivity index (χ1n) is 5.40. The van der Waals surface area contributed by atoms with Gasteiger partial charge < -0.3 is 14.8 Å². The molecule has 2 N–H and O–H groups in total. The molecule has 0 radical (unpaired) electrons. The van der Waals surface area contributed by atoms with Crippen LogP contribution in [0.15, 0.2) is 28.2 Å². The zero-order chi connectivity index (χ0) is 14.8. The Hall–Kier alpha value is -1.87. The predicted molar refractivity (Wildman–Crippen MR) is 64.2 cm³/mol. The van der Waals surface area contributed by atoms with Crippen LogP contribution >= 0.6 is 11.3 Å². The number of amides is 1. The van der Waals surface area contributed by atoms with E-state index >= 15 is 0 Å². The molecule has 2 aromatic heterocycles. The number of rotatable bonds is 4. The number of aromatic nitrogens is 1. The van der Waals surface area contributed by atoms with Gasteiger partial charge in [-0.2, -0.15) is 13.2 Å². The molecule has 0 aliphatic rings. The van der Waals surface area contributed by atoms with E-state index in [-0.39, 0.29) is 5.69 Å². The largest absolute Gasteiger partial charge is 0.462 e. The van der Waals surface area contributed by atoms with Gasteiger partial charge in [0.05, 0.1) is 12.8 Å². The standard InChI is InChI=1S/C11H9F3N2O3S/c12-11(13,14)8(17)4-15-9(18)6-5-20-10(16-6)7-2-1-3-19-7/h1-3,5,8,17H,4H2,(H,15,18). The zero-order valence-electron chi connectivity index (χ0n) is 9.85. The summed E-state index contributed by atoms with van der Waals surface area (Å²) in [5.41, 5.74) is -0.0317. The van der Waals surface area contributed by atoms with Gasteiger partial charge in [-0.15, -0.1) is 11.3 Å². The highest BCUT2D eigenvalue weighted by atomic mass is 32.1. The van der Waals surface area contributed by atoms with E-state index in [1.807, 2.05) is 5.32 Å². The number of carbonyl (C=O) groups is 1. The Morgan fingerprint density at radius 3 is 2.90 bits per heavy atom. The lowest BCUT2D eigenvalue weighted by Crippen LogP contribution is -2.40. The second-order valence-electron chi connectivity index (χ2n) is 3.78. The molecule has 20 heavy (non-hydrogen) atoms. The Morgan fingerprint density at radius 2 is 2.30 bits per heavy atom. The number of nitrogens with one attached hydrogen (secondary N) is 1. The smallest absolute Gasteiger partial charge is 0.416 e. The van der Waals surface area contributed by atoms with Crippen LogP contribution in [0, 0.1) is 0 Å². The lowest BCUT2D eigenvalue weighted by Gasteiger charge is -2.14. The molecule has 2 aromatic rings. The highest BCUT2D eigenvalue weighted by Crippen LogP contribution is 2.24. The number of aliphatic hydroxyl groups excluding tert-OH is 1. The highest BCUT2D eigenvalue weighted by molar-refractivity contribution is 7.13. The van der Waals surface area contributed by atoms with Crippen molar-refractivity contribution in [3.63, 3.8) is 0 Å². The van der Waals surface area contributed by atoms with Crippen LogP contribution in [0.25, 0.3) is 10.8 Å². The minimum atomic E-state index is -4.77. The summed E-state index contributed by atoms with van der Waals surface area (Å²) < 4.78 is 41.3. The van der Waals surface area contributed by atoms with Gasteiger partial charge >= 0.3 is 6.18 Å². The van der Waals surface area contributed by atoms with E-state index in [2.05, 4.69) is 4.98 Å². The van der Waals surface area contributed by atoms with Crippen LogP contribution < -0.4 is 5.32 Å². The van der Waals surface area contributed by atoms with Crippen LogP contribution in [-0.2, 0) is 0 Å². The molecule has 108 valence electrons. The third kappa shape index (κ3) is 3.36. The van der Waals surface area contributed by atoms with E-state index < -0.39 is 24.7 Å². The average Bonchev–Trinajstić information content (AvgIpc) is 3.03. The van der Waals surface area contributed by atoms with Crippen molar-refractivity contribution in [2.45, 2.75) is 12.3 Å². The first-order valence-corrected chi connectivity index (χ1v) is 6.28. The number of thiazole rings is 1. The summed E-state index contributed by atoms with van der Waals surface area (Å²) in [6, 6.07) is 3.30. The molecule has 0 aromatic carbocycles. The van der Waals surface area contributed by atoms with E-state index in [0.717, 1.165) is 11.3 Å². The molecule has 0 bridgehead atoms. The molecule has 2 heterocycles. The van der Waals surface area contributed by atoms with E-state index in [1.54, 1.807) is 12.1 Å². The Bertz CT molecular complexity index is 580. The second-order valence-corrected chi connectivity index (χ2v) is 4.64. The molecule has 0 saturated heterocycles. The summed E-state index contributed by atoms with van der Waals surface area (Å²) in [6.07, 6.45) is -5.93. The Balaban J connectivity index is 1.97. The molecule has 0 aliphatic carbocycles. The van der Waals surface area contributed by atoms with Crippen molar-refractivity contribution in [1.29, 1.82) is 0 Å². The molecule has 1 amide bonds. The van der Waals surface area contributed by atoms with Crippen molar-refractivity contribution < 1.29 is 27.5 Å². The maximum atomic E-state index is 12.1. The average molecular weight is 306 g/mol. The number of hydrogen-bond donors (Lipinski definition) is 2. The number of aliphatic hydroxyl groups is 1. The number of carbonyl (C=O) groups excluding carboxylic acids is 1. The molecule has 0 fully saturated rings. The lowest BCUT2D eigenvalue weighted by molar-refractivity contribution is -0.201. The monoisotopic (exact) mass is 306 g/mol. The third-order valence-corrected chi connectivity index (χ3v) is 3.16. The van der Waals surface area contributed by atoms with E-state index in [4.69, 9.17) is 9.52 Å². The summed E-state index contributed by atoms with van der Waals surface area (Å²) in [4.78, 5) is 15.5. The maximum Gasteiger partial charge on any atom is 0.416 e. The van der Waals surface area contributed by atoms with E-state index in [9.17, 15) is 18.0 Å². The van der Waals surface area contributed by atoms with Crippen molar-refractivity contribution in [2.24, 2.45) is 0 Å². The van der Waals surface area contributed by atoms with Gasteiger partial charge in [0.15, 0.2) is 16.9 Å². The third-order valence-electron chi connectivity index (χ3n) is 2.30. The number of nitrogens with zero attached hydrogens (tertiary/aromatic N) is 1. The van der Waals surface area contributed by atoms with Gasteiger partial charge in [0, 0.05) is 5.38 Å². The second kappa shape index (κ2) is 5.63. The Labute approximate surface area is 115 Å². The van der Waals surface area contributed by atoms with Gasteiger partial charge in [-0.3, -0.25) is 4.79 Å². The summed E-state index contributed by atoms with van der Waals surface area (Å²) in [6.45, 7) is -0.921.